The summed E-state index contributed by atoms with van der Waals surface area (Å²) in [5.74, 6) is 1.17. The minimum atomic E-state index is -4.57. The van der Waals surface area contributed by atoms with Gasteiger partial charge in [-0.15, -0.1) is 0 Å². The number of ether oxygens (including phenoxy) is 2. The topological polar surface area (TPSA) is 139 Å². The number of hydrogen-bond donors (Lipinski definition) is 1. The molecule has 0 aromatic carbocycles. The number of carbonyl (C=O) groups is 2. The molecule has 296 valence electrons. The van der Waals surface area contributed by atoms with E-state index >= 15 is 0 Å². The van der Waals surface area contributed by atoms with Crippen LogP contribution in [0.15, 0.2) is 0 Å². The maximum atomic E-state index is 12.6. The molecule has 0 radical (unpaired) electrons. The minimum Gasteiger partial charge on any atom is -0.756 e. The Morgan fingerprint density at radius 3 is 1.52 bits per heavy atom. The summed E-state index contributed by atoms with van der Waals surface area (Å²) in [6, 6.07) is 0. The van der Waals surface area contributed by atoms with Gasteiger partial charge in [0.1, 0.15) is 13.2 Å². The van der Waals surface area contributed by atoms with E-state index in [2.05, 4.69) is 19.6 Å². The monoisotopic (exact) mass is 732 g/mol. The summed E-state index contributed by atoms with van der Waals surface area (Å²) in [5, 5.41) is 0. The van der Waals surface area contributed by atoms with E-state index in [-0.39, 0.29) is 38.6 Å². The Labute approximate surface area is 306 Å². The molecule has 50 heavy (non-hydrogen) atoms. The van der Waals surface area contributed by atoms with E-state index in [1.54, 1.807) is 0 Å². The fourth-order valence-corrected chi connectivity index (χ4v) is 7.48. The van der Waals surface area contributed by atoms with Crippen molar-refractivity contribution >= 4 is 19.8 Å². The SMILES string of the molecule is CCCCCCCCCCCCCCCC(=O)OC[C@H](COP(=O)([O-])OCC[NH3+])OC(=O)CCCCCCCCCC1CC1CCCCCC. The van der Waals surface area contributed by atoms with Crippen molar-refractivity contribution in [3.63, 3.8) is 0 Å². The van der Waals surface area contributed by atoms with Gasteiger partial charge in [0.25, 0.3) is 7.82 Å². The van der Waals surface area contributed by atoms with Gasteiger partial charge >= 0.3 is 11.9 Å². The lowest BCUT2D eigenvalue weighted by molar-refractivity contribution is -0.373. The van der Waals surface area contributed by atoms with Gasteiger partial charge in [0.2, 0.25) is 0 Å². The largest absolute Gasteiger partial charge is 0.756 e. The van der Waals surface area contributed by atoms with E-state index in [1.165, 1.54) is 135 Å². The Morgan fingerprint density at radius 1 is 0.620 bits per heavy atom. The summed E-state index contributed by atoms with van der Waals surface area (Å²) >= 11 is 0. The molecule has 0 spiro atoms. The highest BCUT2D eigenvalue weighted by Crippen LogP contribution is 2.45. The molecule has 0 saturated heterocycles. The van der Waals surface area contributed by atoms with Crippen LogP contribution in [0.1, 0.15) is 200 Å². The normalized spacial score (nSPS) is 17.4. The highest BCUT2D eigenvalue weighted by molar-refractivity contribution is 7.45. The Hall–Kier alpha value is -0.990. The zero-order chi connectivity index (χ0) is 36.5. The van der Waals surface area contributed by atoms with Crippen LogP contribution in [-0.2, 0) is 32.7 Å². The van der Waals surface area contributed by atoms with Gasteiger partial charge in [0.05, 0.1) is 13.2 Å². The molecule has 0 heterocycles. The lowest BCUT2D eigenvalue weighted by Crippen LogP contribution is -2.52. The molecule has 0 aliphatic heterocycles. The zero-order valence-electron chi connectivity index (χ0n) is 32.5. The molecular weight excluding hydrogens is 653 g/mol. The Kier molecular flexibility index (Phi) is 30.7. The van der Waals surface area contributed by atoms with Crippen molar-refractivity contribution in [3.05, 3.63) is 0 Å². The molecule has 1 saturated carbocycles. The van der Waals surface area contributed by atoms with Crippen LogP contribution in [0.25, 0.3) is 0 Å². The van der Waals surface area contributed by atoms with Gasteiger partial charge in [-0.1, -0.05) is 168 Å². The number of phosphoric ester groups is 1. The van der Waals surface area contributed by atoms with E-state index in [4.69, 9.17) is 18.5 Å². The molecule has 3 N–H and O–H groups in total. The van der Waals surface area contributed by atoms with Crippen LogP contribution in [-0.4, -0.2) is 44.4 Å². The summed E-state index contributed by atoms with van der Waals surface area (Å²) < 4.78 is 32.5. The van der Waals surface area contributed by atoms with E-state index in [0.29, 0.717) is 6.42 Å². The molecule has 1 fully saturated rings. The number of quaternary nitrogens is 1. The predicted molar refractivity (Wildman–Crippen MR) is 200 cm³/mol. The Balaban J connectivity index is 2.17. The first kappa shape index (κ1) is 47.0. The van der Waals surface area contributed by atoms with Crippen LogP contribution < -0.4 is 10.6 Å². The summed E-state index contributed by atoms with van der Waals surface area (Å²) in [6.45, 7) is 3.98. The van der Waals surface area contributed by atoms with Gasteiger partial charge < -0.3 is 29.1 Å². The van der Waals surface area contributed by atoms with Gasteiger partial charge in [0.15, 0.2) is 6.10 Å². The van der Waals surface area contributed by atoms with Gasteiger partial charge in [-0.25, -0.2) is 0 Å². The summed E-state index contributed by atoms with van der Waals surface area (Å²) in [6.07, 6.45) is 33.0. The number of unbranched alkanes of at least 4 members (excludes halogenated alkanes) is 21. The van der Waals surface area contributed by atoms with Crippen LogP contribution in [0.5, 0.6) is 0 Å². The van der Waals surface area contributed by atoms with Gasteiger partial charge in [-0.05, 0) is 31.1 Å². The van der Waals surface area contributed by atoms with Crippen molar-refractivity contribution in [1.82, 2.24) is 0 Å². The smallest absolute Gasteiger partial charge is 0.306 e. The number of phosphoric acid groups is 1. The van der Waals surface area contributed by atoms with E-state index < -0.39 is 26.5 Å². The number of carbonyl (C=O) groups excluding carboxylic acids is 2. The number of esters is 2. The summed E-state index contributed by atoms with van der Waals surface area (Å²) in [7, 11) is -4.57. The quantitative estimate of drug-likeness (QED) is 0.0376. The molecule has 0 bridgehead atoms. The van der Waals surface area contributed by atoms with E-state index in [9.17, 15) is 19.0 Å². The van der Waals surface area contributed by atoms with Crippen molar-refractivity contribution in [2.75, 3.05) is 26.4 Å². The third-order valence-corrected chi connectivity index (χ3v) is 10.9. The van der Waals surface area contributed by atoms with Crippen LogP contribution in [0.4, 0.5) is 0 Å². The molecule has 4 atom stereocenters. The number of hydrogen-bond acceptors (Lipinski definition) is 8. The molecule has 1 aliphatic rings. The average Bonchev–Trinajstić information content (AvgIpc) is 3.86. The zero-order valence-corrected chi connectivity index (χ0v) is 33.4. The van der Waals surface area contributed by atoms with Crippen LogP contribution in [0, 0.1) is 11.8 Å². The molecule has 9 nitrogen and oxygen atoms in total. The van der Waals surface area contributed by atoms with Crippen molar-refractivity contribution in [2.45, 2.75) is 206 Å². The molecule has 3 unspecified atom stereocenters. The van der Waals surface area contributed by atoms with E-state index in [1.807, 2.05) is 0 Å². The third kappa shape index (κ3) is 29.6. The molecule has 1 rings (SSSR count). The Morgan fingerprint density at radius 2 is 1.04 bits per heavy atom. The molecule has 0 amide bonds. The first-order valence-electron chi connectivity index (χ1n) is 21.1. The van der Waals surface area contributed by atoms with Crippen molar-refractivity contribution in [3.8, 4) is 0 Å². The highest BCUT2D eigenvalue weighted by Gasteiger charge is 2.35. The first-order chi connectivity index (χ1) is 24.3. The van der Waals surface area contributed by atoms with Gasteiger partial charge in [0, 0.05) is 12.8 Å². The molecule has 0 aromatic heterocycles. The standard InChI is InChI=1S/C40H78NO8P/c1-3-5-7-9-10-11-12-13-14-15-18-21-25-29-39(42)46-34-38(35-48-50(44,45)47-32-31-41)49-40(43)30-26-22-19-16-17-20-24-28-37-33-36(37)27-23-8-6-4-2/h36-38H,3-35,41H2,1-2H3,(H,44,45)/t36?,37?,38-/m1/s1. The van der Waals surface area contributed by atoms with Crippen molar-refractivity contribution < 1.29 is 43.3 Å². The third-order valence-electron chi connectivity index (χ3n) is 9.98. The maximum absolute atomic E-state index is 12.6. The van der Waals surface area contributed by atoms with Crippen LogP contribution in [0.3, 0.4) is 0 Å². The highest BCUT2D eigenvalue weighted by atomic mass is 31.2. The fourth-order valence-electron chi connectivity index (χ4n) is 6.70. The Bertz CT molecular complexity index is 859. The molecule has 10 heteroatoms. The van der Waals surface area contributed by atoms with Gasteiger partial charge in [-0.3, -0.25) is 14.2 Å². The second-order valence-electron chi connectivity index (χ2n) is 14.8. The second-order valence-corrected chi connectivity index (χ2v) is 16.2. The van der Waals surface area contributed by atoms with Crippen molar-refractivity contribution in [1.29, 1.82) is 0 Å². The molecule has 1 aliphatic carbocycles. The number of rotatable bonds is 38. The van der Waals surface area contributed by atoms with Crippen LogP contribution in [0.2, 0.25) is 0 Å². The molecular formula is C40H78NO8P. The first-order valence-corrected chi connectivity index (χ1v) is 22.5. The summed E-state index contributed by atoms with van der Waals surface area (Å²) in [4.78, 5) is 37.0. The average molecular weight is 732 g/mol. The fraction of sp³-hybridized carbons (Fsp3) is 0.950. The lowest BCUT2D eigenvalue weighted by atomic mass is 10.0. The minimum absolute atomic E-state index is 0.0977. The summed E-state index contributed by atoms with van der Waals surface area (Å²) in [5.41, 5.74) is 3.55. The van der Waals surface area contributed by atoms with Crippen molar-refractivity contribution in [2.24, 2.45) is 11.8 Å². The lowest BCUT2D eigenvalue weighted by Gasteiger charge is -2.25. The molecule has 0 aromatic rings. The van der Waals surface area contributed by atoms with Gasteiger partial charge in [-0.2, -0.15) is 0 Å². The maximum Gasteiger partial charge on any atom is 0.306 e. The second kappa shape index (κ2) is 32.6. The van der Waals surface area contributed by atoms with E-state index in [0.717, 1.165) is 43.9 Å². The predicted octanol–water partition coefficient (Wildman–Crippen LogP) is 9.78. The van der Waals surface area contributed by atoms with Crippen LogP contribution >= 0.6 is 7.82 Å².